The molecular weight excluding hydrogens is 294 g/mol. The second kappa shape index (κ2) is 5.91. The fourth-order valence-corrected chi connectivity index (χ4v) is 2.44. The maximum Gasteiger partial charge on any atom is 0.319 e. The van der Waals surface area contributed by atoms with Gasteiger partial charge in [0, 0.05) is 6.54 Å². The quantitative estimate of drug-likeness (QED) is 0.489. The van der Waals surface area contributed by atoms with Gasteiger partial charge in [-0.25, -0.2) is 18.4 Å². The summed E-state index contributed by atoms with van der Waals surface area (Å²) in [4.78, 5) is 10.7. The molecule has 1 aromatic carbocycles. The molecule has 5 N–H and O–H groups in total. The fraction of sp³-hybridized carbons (Fsp3) is 0.100. The van der Waals surface area contributed by atoms with E-state index in [0.29, 0.717) is 0 Å². The van der Waals surface area contributed by atoms with Crippen molar-refractivity contribution >= 4 is 33.3 Å². The third-order valence-electron chi connectivity index (χ3n) is 2.02. The summed E-state index contributed by atoms with van der Waals surface area (Å²) in [6.45, 7) is 3.62. The molecule has 104 valence electrons. The Hall–Kier alpha value is -1.77. The number of nitrogens with one attached hydrogen (secondary N) is 2. The van der Waals surface area contributed by atoms with Crippen LogP contribution in [-0.4, -0.2) is 26.1 Å². The molecule has 2 amide bonds. The van der Waals surface area contributed by atoms with E-state index >= 15 is 0 Å². The first kappa shape index (κ1) is 15.3. The minimum absolute atomic E-state index is 0.130. The zero-order chi connectivity index (χ0) is 14.6. The molecule has 0 spiro atoms. The smallest absolute Gasteiger partial charge is 0.319 e. The maximum absolute atomic E-state index is 11.4. The average molecular weight is 306 g/mol. The number of aromatic hydroxyl groups is 1. The molecule has 0 heterocycles. The Morgan fingerprint density at radius 3 is 2.68 bits per heavy atom. The van der Waals surface area contributed by atoms with Crippen molar-refractivity contribution in [3.63, 3.8) is 0 Å². The van der Waals surface area contributed by atoms with E-state index in [-0.39, 0.29) is 17.3 Å². The number of carbonyl (C=O) groups is 1. The Balaban J connectivity index is 3.12. The van der Waals surface area contributed by atoms with E-state index in [1.54, 1.807) is 0 Å². The first-order valence-electron chi connectivity index (χ1n) is 4.97. The summed E-state index contributed by atoms with van der Waals surface area (Å²) >= 11 is 5.65. The molecule has 0 aliphatic rings. The number of rotatable bonds is 4. The molecule has 0 atom stereocenters. The van der Waals surface area contributed by atoms with Crippen LogP contribution in [0.1, 0.15) is 0 Å². The predicted octanol–water partition coefficient (Wildman–Crippen LogP) is 1.00. The van der Waals surface area contributed by atoms with Crippen molar-refractivity contribution in [3.8, 4) is 5.75 Å². The predicted molar refractivity (Wildman–Crippen MR) is 71.7 cm³/mol. The molecular formula is C10H12ClN3O4S. The molecule has 0 aliphatic carbocycles. The first-order valence-corrected chi connectivity index (χ1v) is 6.89. The van der Waals surface area contributed by atoms with Gasteiger partial charge in [0.25, 0.3) is 0 Å². The fourth-order valence-electron chi connectivity index (χ4n) is 1.25. The van der Waals surface area contributed by atoms with Crippen LogP contribution in [0.2, 0.25) is 5.02 Å². The largest absolute Gasteiger partial charge is 0.504 e. The van der Waals surface area contributed by atoms with Crippen LogP contribution in [0.4, 0.5) is 10.5 Å². The second-order valence-corrected chi connectivity index (χ2v) is 5.35. The second-order valence-electron chi connectivity index (χ2n) is 3.44. The Morgan fingerprint density at radius 1 is 1.53 bits per heavy atom. The molecule has 0 saturated carbocycles. The molecule has 7 nitrogen and oxygen atoms in total. The molecule has 1 aromatic rings. The van der Waals surface area contributed by atoms with E-state index in [2.05, 4.69) is 17.2 Å². The number of sulfonamides is 1. The Morgan fingerprint density at radius 2 is 2.16 bits per heavy atom. The van der Waals surface area contributed by atoms with E-state index in [4.69, 9.17) is 16.7 Å². The summed E-state index contributed by atoms with van der Waals surface area (Å²) in [5, 5.41) is 19.1. The lowest BCUT2D eigenvalue weighted by atomic mass is 10.3. The molecule has 1 rings (SSSR count). The number of benzene rings is 1. The lowest BCUT2D eigenvalue weighted by Crippen LogP contribution is -2.28. The van der Waals surface area contributed by atoms with Gasteiger partial charge in [-0.15, -0.1) is 6.58 Å². The van der Waals surface area contributed by atoms with Crippen LogP contribution in [0.15, 0.2) is 29.7 Å². The molecule has 0 aliphatic heterocycles. The Kier molecular flexibility index (Phi) is 4.76. The summed E-state index contributed by atoms with van der Waals surface area (Å²) in [7, 11) is -4.21. The van der Waals surface area contributed by atoms with Gasteiger partial charge in [-0.2, -0.15) is 0 Å². The van der Waals surface area contributed by atoms with Crippen LogP contribution in [0.25, 0.3) is 0 Å². The number of nitrogens with two attached hydrogens (primary N) is 1. The number of carbonyl (C=O) groups excluding carboxylic acids is 1. The minimum atomic E-state index is -4.21. The number of halogens is 1. The minimum Gasteiger partial charge on any atom is -0.504 e. The highest BCUT2D eigenvalue weighted by atomic mass is 35.5. The van der Waals surface area contributed by atoms with Gasteiger partial charge in [0.15, 0.2) is 5.75 Å². The first-order chi connectivity index (χ1) is 8.77. The van der Waals surface area contributed by atoms with Crippen molar-refractivity contribution in [1.82, 2.24) is 5.32 Å². The van der Waals surface area contributed by atoms with E-state index in [1.165, 1.54) is 18.2 Å². The van der Waals surface area contributed by atoms with E-state index in [1.807, 2.05) is 0 Å². The molecule has 0 aromatic heterocycles. The van der Waals surface area contributed by atoms with Crippen molar-refractivity contribution in [1.29, 1.82) is 0 Å². The van der Waals surface area contributed by atoms with Gasteiger partial charge in [0.1, 0.15) is 4.90 Å². The zero-order valence-corrected chi connectivity index (χ0v) is 11.3. The third kappa shape index (κ3) is 3.85. The van der Waals surface area contributed by atoms with Crippen molar-refractivity contribution in [2.45, 2.75) is 4.90 Å². The molecule has 0 radical (unpaired) electrons. The number of phenolic OH excluding ortho intramolecular Hbond substituents is 1. The number of urea groups is 1. The highest BCUT2D eigenvalue weighted by Crippen LogP contribution is 2.35. The summed E-state index contributed by atoms with van der Waals surface area (Å²) in [6, 6.07) is 1.81. The zero-order valence-electron chi connectivity index (χ0n) is 9.68. The van der Waals surface area contributed by atoms with Crippen LogP contribution in [0.3, 0.4) is 0 Å². The number of phenols is 1. The lowest BCUT2D eigenvalue weighted by Gasteiger charge is -2.11. The molecule has 19 heavy (non-hydrogen) atoms. The molecule has 0 bridgehead atoms. The van der Waals surface area contributed by atoms with E-state index in [9.17, 15) is 18.3 Å². The van der Waals surface area contributed by atoms with Crippen molar-refractivity contribution in [3.05, 3.63) is 29.8 Å². The van der Waals surface area contributed by atoms with Gasteiger partial charge in [-0.05, 0) is 12.1 Å². The molecule has 0 fully saturated rings. The number of anilines is 1. The lowest BCUT2D eigenvalue weighted by molar-refractivity contribution is 0.253. The molecule has 9 heteroatoms. The number of hydrogen-bond acceptors (Lipinski definition) is 4. The summed E-state index contributed by atoms with van der Waals surface area (Å²) in [5.74, 6) is -0.719. The highest BCUT2D eigenvalue weighted by molar-refractivity contribution is 7.89. The van der Waals surface area contributed by atoms with Gasteiger partial charge in [0.2, 0.25) is 10.0 Å². The summed E-state index contributed by atoms with van der Waals surface area (Å²) in [5.41, 5.74) is -0.130. The van der Waals surface area contributed by atoms with Crippen LogP contribution >= 0.6 is 11.6 Å². The van der Waals surface area contributed by atoms with E-state index < -0.39 is 26.7 Å². The van der Waals surface area contributed by atoms with E-state index in [0.717, 1.165) is 0 Å². The van der Waals surface area contributed by atoms with Gasteiger partial charge in [-0.1, -0.05) is 17.7 Å². The summed E-state index contributed by atoms with van der Waals surface area (Å²) in [6.07, 6.45) is 1.46. The topological polar surface area (TPSA) is 122 Å². The number of primary sulfonamides is 1. The van der Waals surface area contributed by atoms with Crippen LogP contribution in [-0.2, 0) is 10.0 Å². The molecule has 0 saturated heterocycles. The standard InChI is InChI=1S/C10H12ClN3O4S/c1-2-5-13-10(16)14-7-4-3-6(11)9(8(7)15)19(12,17)18/h2-4,15H,1,5H2,(H2,12,17,18)(H2,13,14,16). The SMILES string of the molecule is C=CCNC(=O)Nc1ccc(Cl)c(S(N)(=O)=O)c1O. The van der Waals surface area contributed by atoms with Crippen molar-refractivity contribution in [2.75, 3.05) is 11.9 Å². The van der Waals surface area contributed by atoms with Gasteiger partial charge < -0.3 is 15.7 Å². The van der Waals surface area contributed by atoms with Gasteiger partial charge in [-0.3, -0.25) is 0 Å². The monoisotopic (exact) mass is 305 g/mol. The van der Waals surface area contributed by atoms with Crippen LogP contribution in [0.5, 0.6) is 5.75 Å². The van der Waals surface area contributed by atoms with Crippen molar-refractivity contribution in [2.24, 2.45) is 5.14 Å². The number of hydrogen-bond donors (Lipinski definition) is 4. The number of amides is 2. The normalized spacial score (nSPS) is 10.8. The third-order valence-corrected chi connectivity index (χ3v) is 3.43. The maximum atomic E-state index is 11.4. The van der Waals surface area contributed by atoms with Crippen LogP contribution < -0.4 is 15.8 Å². The Bertz CT molecular complexity index is 615. The van der Waals surface area contributed by atoms with Crippen molar-refractivity contribution < 1.29 is 18.3 Å². The van der Waals surface area contributed by atoms with Gasteiger partial charge >= 0.3 is 6.03 Å². The molecule has 0 unspecified atom stereocenters. The summed E-state index contributed by atoms with van der Waals surface area (Å²) < 4.78 is 22.6. The average Bonchev–Trinajstić information content (AvgIpc) is 2.28. The van der Waals surface area contributed by atoms with Crippen LogP contribution in [0, 0.1) is 0 Å². The Labute approximate surface area is 115 Å². The van der Waals surface area contributed by atoms with Gasteiger partial charge in [0.05, 0.1) is 10.7 Å². The highest BCUT2D eigenvalue weighted by Gasteiger charge is 2.21.